The molecule has 2 aromatic rings. The lowest BCUT2D eigenvalue weighted by atomic mass is 10.3. The Labute approximate surface area is 113 Å². The van der Waals surface area contributed by atoms with E-state index in [-0.39, 0.29) is 6.61 Å². The smallest absolute Gasteiger partial charge is 0.277 e. The standard InChI is InChI=1S/C13H11FN2O2S/c14-10-3-1-4-11(7-10)18-9-13(17)16-15-8-12-5-2-6-19-12/h1-8H,9H2,(H,16,17)/b15-8-. The molecule has 0 saturated carbocycles. The van der Waals surface area contributed by atoms with Crippen LogP contribution < -0.4 is 10.2 Å². The van der Waals surface area contributed by atoms with Crippen molar-refractivity contribution in [2.75, 3.05) is 6.61 Å². The molecule has 0 atom stereocenters. The largest absolute Gasteiger partial charge is 0.484 e. The molecule has 0 aliphatic heterocycles. The fourth-order valence-electron chi connectivity index (χ4n) is 1.27. The molecule has 19 heavy (non-hydrogen) atoms. The lowest BCUT2D eigenvalue weighted by Gasteiger charge is -2.04. The van der Waals surface area contributed by atoms with Gasteiger partial charge in [0.2, 0.25) is 0 Å². The van der Waals surface area contributed by atoms with Gasteiger partial charge in [0.15, 0.2) is 6.61 Å². The van der Waals surface area contributed by atoms with Crippen LogP contribution in [0.25, 0.3) is 0 Å². The zero-order chi connectivity index (χ0) is 13.5. The number of ether oxygens (including phenoxy) is 1. The highest BCUT2D eigenvalue weighted by Crippen LogP contribution is 2.11. The summed E-state index contributed by atoms with van der Waals surface area (Å²) in [5.74, 6) is -0.511. The summed E-state index contributed by atoms with van der Waals surface area (Å²) in [5, 5.41) is 5.69. The summed E-state index contributed by atoms with van der Waals surface area (Å²) in [4.78, 5) is 12.3. The van der Waals surface area contributed by atoms with E-state index in [0.717, 1.165) is 4.88 Å². The molecule has 0 aliphatic carbocycles. The maximum atomic E-state index is 12.8. The topological polar surface area (TPSA) is 50.7 Å². The average molecular weight is 278 g/mol. The van der Waals surface area contributed by atoms with Gasteiger partial charge < -0.3 is 4.74 Å². The molecular weight excluding hydrogens is 267 g/mol. The third-order valence-electron chi connectivity index (χ3n) is 2.09. The van der Waals surface area contributed by atoms with Crippen LogP contribution in [-0.4, -0.2) is 18.7 Å². The Hall–Kier alpha value is -2.21. The molecular formula is C13H11FN2O2S. The van der Waals surface area contributed by atoms with Crippen molar-refractivity contribution in [1.29, 1.82) is 0 Å². The molecule has 0 spiro atoms. The van der Waals surface area contributed by atoms with Crippen LogP contribution in [0.1, 0.15) is 4.88 Å². The van der Waals surface area contributed by atoms with Crippen molar-refractivity contribution in [1.82, 2.24) is 5.43 Å². The van der Waals surface area contributed by atoms with Crippen LogP contribution in [-0.2, 0) is 4.79 Å². The minimum atomic E-state index is -0.409. The molecule has 0 fully saturated rings. The highest BCUT2D eigenvalue weighted by Gasteiger charge is 2.01. The maximum Gasteiger partial charge on any atom is 0.277 e. The Morgan fingerprint density at radius 2 is 2.32 bits per heavy atom. The van der Waals surface area contributed by atoms with Gasteiger partial charge in [0.25, 0.3) is 5.91 Å². The minimum absolute atomic E-state index is 0.217. The lowest BCUT2D eigenvalue weighted by Crippen LogP contribution is -2.24. The zero-order valence-corrected chi connectivity index (χ0v) is 10.7. The van der Waals surface area contributed by atoms with Crippen molar-refractivity contribution in [3.05, 3.63) is 52.5 Å². The van der Waals surface area contributed by atoms with E-state index in [1.54, 1.807) is 12.3 Å². The normalized spacial score (nSPS) is 10.6. The summed E-state index contributed by atoms with van der Waals surface area (Å²) in [6.07, 6.45) is 1.55. The van der Waals surface area contributed by atoms with Crippen molar-refractivity contribution in [2.24, 2.45) is 5.10 Å². The van der Waals surface area contributed by atoms with Crippen LogP contribution in [0.15, 0.2) is 46.9 Å². The first-order valence-electron chi connectivity index (χ1n) is 5.48. The summed E-state index contributed by atoms with van der Waals surface area (Å²) in [5.41, 5.74) is 2.32. The molecule has 1 aromatic carbocycles. The van der Waals surface area contributed by atoms with Crippen LogP contribution in [0.5, 0.6) is 5.75 Å². The molecule has 1 aromatic heterocycles. The summed E-state index contributed by atoms with van der Waals surface area (Å²) in [6, 6.07) is 9.37. The van der Waals surface area contributed by atoms with E-state index < -0.39 is 11.7 Å². The number of carbonyl (C=O) groups is 1. The number of hydrazone groups is 1. The first kappa shape index (κ1) is 13.2. The van der Waals surface area contributed by atoms with Gasteiger partial charge in [-0.05, 0) is 23.6 Å². The van der Waals surface area contributed by atoms with Gasteiger partial charge in [0.05, 0.1) is 6.21 Å². The maximum absolute atomic E-state index is 12.8. The van der Waals surface area contributed by atoms with Gasteiger partial charge in [-0.15, -0.1) is 11.3 Å². The van der Waals surface area contributed by atoms with Gasteiger partial charge in [-0.1, -0.05) is 12.1 Å². The Bertz CT molecular complexity index is 570. The molecule has 0 radical (unpaired) electrons. The van der Waals surface area contributed by atoms with E-state index in [1.807, 2.05) is 17.5 Å². The van der Waals surface area contributed by atoms with Gasteiger partial charge in [-0.2, -0.15) is 5.10 Å². The van der Waals surface area contributed by atoms with Crippen molar-refractivity contribution < 1.29 is 13.9 Å². The fourth-order valence-corrected chi connectivity index (χ4v) is 1.86. The van der Waals surface area contributed by atoms with Crippen molar-refractivity contribution in [3.8, 4) is 5.75 Å². The number of amides is 1. The van der Waals surface area contributed by atoms with Gasteiger partial charge in [-0.3, -0.25) is 4.79 Å². The Kier molecular flexibility index (Phi) is 4.63. The first-order valence-corrected chi connectivity index (χ1v) is 6.36. The quantitative estimate of drug-likeness (QED) is 0.674. The van der Waals surface area contributed by atoms with Crippen LogP contribution in [0.2, 0.25) is 0 Å². The molecule has 4 nitrogen and oxygen atoms in total. The van der Waals surface area contributed by atoms with Crippen molar-refractivity contribution >= 4 is 23.5 Å². The Morgan fingerprint density at radius 1 is 1.42 bits per heavy atom. The number of nitrogens with zero attached hydrogens (tertiary/aromatic N) is 1. The number of rotatable bonds is 5. The monoisotopic (exact) mass is 278 g/mol. The van der Waals surface area contributed by atoms with Gasteiger partial charge >= 0.3 is 0 Å². The molecule has 0 aliphatic rings. The van der Waals surface area contributed by atoms with Crippen LogP contribution in [0, 0.1) is 5.82 Å². The number of hydrogen-bond acceptors (Lipinski definition) is 4. The number of thiophene rings is 1. The van der Waals surface area contributed by atoms with Crippen molar-refractivity contribution in [3.63, 3.8) is 0 Å². The second kappa shape index (κ2) is 6.65. The SMILES string of the molecule is O=C(COc1cccc(F)c1)N/N=C\c1cccs1. The molecule has 0 unspecified atom stereocenters. The van der Waals surface area contributed by atoms with E-state index >= 15 is 0 Å². The number of nitrogens with one attached hydrogen (secondary N) is 1. The first-order chi connectivity index (χ1) is 9.24. The second-order valence-electron chi connectivity index (χ2n) is 3.55. The van der Waals surface area contributed by atoms with Crippen LogP contribution in [0.4, 0.5) is 4.39 Å². The highest BCUT2D eigenvalue weighted by atomic mass is 32.1. The van der Waals surface area contributed by atoms with Crippen LogP contribution >= 0.6 is 11.3 Å². The Morgan fingerprint density at radius 3 is 3.05 bits per heavy atom. The number of hydrogen-bond donors (Lipinski definition) is 1. The third-order valence-corrected chi connectivity index (χ3v) is 2.90. The van der Waals surface area contributed by atoms with E-state index in [1.165, 1.54) is 29.5 Å². The number of benzene rings is 1. The summed E-state index contributed by atoms with van der Waals surface area (Å²) in [6.45, 7) is -0.217. The molecule has 1 amide bonds. The number of halogens is 1. The van der Waals surface area contributed by atoms with E-state index in [0.29, 0.717) is 5.75 Å². The van der Waals surface area contributed by atoms with E-state index in [9.17, 15) is 9.18 Å². The second-order valence-corrected chi connectivity index (χ2v) is 4.53. The van der Waals surface area contributed by atoms with Crippen molar-refractivity contribution in [2.45, 2.75) is 0 Å². The molecule has 2 rings (SSSR count). The van der Waals surface area contributed by atoms with E-state index in [4.69, 9.17) is 4.74 Å². The third kappa shape index (κ3) is 4.51. The Balaban J connectivity index is 1.76. The molecule has 0 bridgehead atoms. The van der Waals surface area contributed by atoms with Gasteiger partial charge in [0.1, 0.15) is 11.6 Å². The summed E-state index contributed by atoms with van der Waals surface area (Å²) < 4.78 is 18.0. The molecule has 6 heteroatoms. The number of carbonyl (C=O) groups excluding carboxylic acids is 1. The summed E-state index contributed by atoms with van der Waals surface area (Å²) >= 11 is 1.51. The lowest BCUT2D eigenvalue weighted by molar-refractivity contribution is -0.123. The highest BCUT2D eigenvalue weighted by molar-refractivity contribution is 7.11. The summed E-state index contributed by atoms with van der Waals surface area (Å²) in [7, 11) is 0. The molecule has 1 heterocycles. The molecule has 0 saturated heterocycles. The van der Waals surface area contributed by atoms with Gasteiger partial charge in [0, 0.05) is 10.9 Å². The molecule has 1 N–H and O–H groups in total. The van der Waals surface area contributed by atoms with Crippen LogP contribution in [0.3, 0.4) is 0 Å². The van der Waals surface area contributed by atoms with E-state index in [2.05, 4.69) is 10.5 Å². The average Bonchev–Trinajstić information content (AvgIpc) is 2.90. The zero-order valence-electron chi connectivity index (χ0n) is 9.88. The predicted molar refractivity (Wildman–Crippen MR) is 72.0 cm³/mol. The van der Waals surface area contributed by atoms with Gasteiger partial charge in [-0.25, -0.2) is 9.82 Å². The predicted octanol–water partition coefficient (Wildman–Crippen LogP) is 2.42. The molecule has 98 valence electrons. The fraction of sp³-hybridized carbons (Fsp3) is 0.0769. The minimum Gasteiger partial charge on any atom is -0.484 e.